The summed E-state index contributed by atoms with van der Waals surface area (Å²) >= 11 is 1.01. The average Bonchev–Trinajstić information content (AvgIpc) is 2.94. The van der Waals surface area contributed by atoms with Gasteiger partial charge in [-0.05, 0) is 24.5 Å². The Kier molecular flexibility index (Phi) is 4.04. The number of hydrogen-bond donors (Lipinski definition) is 1. The lowest BCUT2D eigenvalue weighted by Crippen LogP contribution is -2.10. The third kappa shape index (κ3) is 4.08. The summed E-state index contributed by atoms with van der Waals surface area (Å²) < 4.78 is 27.3. The minimum absolute atomic E-state index is 0.0725. The van der Waals surface area contributed by atoms with Crippen LogP contribution < -0.4 is 5.14 Å². The SMILES string of the molecule is NS(=O)(=O)c1ccc(CC(=O)OCCC2CC2)s1. The van der Waals surface area contributed by atoms with Crippen molar-refractivity contribution < 1.29 is 17.9 Å². The Morgan fingerprint density at radius 1 is 1.44 bits per heavy atom. The summed E-state index contributed by atoms with van der Waals surface area (Å²) in [6.07, 6.45) is 3.50. The number of ether oxygens (including phenoxy) is 1. The van der Waals surface area contributed by atoms with Gasteiger partial charge >= 0.3 is 5.97 Å². The van der Waals surface area contributed by atoms with Crippen LogP contribution in [-0.4, -0.2) is 21.0 Å². The zero-order chi connectivity index (χ0) is 13.2. The topological polar surface area (TPSA) is 86.5 Å². The highest BCUT2D eigenvalue weighted by atomic mass is 32.2. The van der Waals surface area contributed by atoms with Crippen LogP contribution in [0.4, 0.5) is 0 Å². The Morgan fingerprint density at radius 3 is 2.72 bits per heavy atom. The Bertz CT molecular complexity index is 531. The Morgan fingerprint density at radius 2 is 2.17 bits per heavy atom. The van der Waals surface area contributed by atoms with Gasteiger partial charge in [0.1, 0.15) is 4.21 Å². The molecule has 0 unspecified atom stereocenters. The fourth-order valence-electron chi connectivity index (χ4n) is 1.55. The molecule has 0 bridgehead atoms. The predicted molar refractivity (Wildman–Crippen MR) is 67.7 cm³/mol. The number of primary sulfonamides is 1. The molecule has 0 amide bonds. The number of sulfonamides is 1. The van der Waals surface area contributed by atoms with Crippen LogP contribution in [0.25, 0.3) is 0 Å². The predicted octanol–water partition coefficient (Wildman–Crippen LogP) is 1.28. The number of carbonyl (C=O) groups excluding carboxylic acids is 1. The van der Waals surface area contributed by atoms with Crippen LogP contribution >= 0.6 is 11.3 Å². The number of thiophene rings is 1. The van der Waals surface area contributed by atoms with E-state index in [9.17, 15) is 13.2 Å². The molecule has 0 aromatic carbocycles. The molecule has 2 rings (SSSR count). The fraction of sp³-hybridized carbons (Fsp3) is 0.545. The minimum atomic E-state index is -3.67. The zero-order valence-corrected chi connectivity index (χ0v) is 11.4. The quantitative estimate of drug-likeness (QED) is 0.799. The molecule has 7 heteroatoms. The van der Waals surface area contributed by atoms with Crippen LogP contribution in [0.2, 0.25) is 0 Å². The standard InChI is InChI=1S/C11H15NO4S2/c12-18(14,15)11-4-3-9(17-11)7-10(13)16-6-5-8-1-2-8/h3-4,8H,1-2,5-7H2,(H2,12,14,15). The van der Waals surface area contributed by atoms with Gasteiger partial charge in [-0.25, -0.2) is 13.6 Å². The third-order valence-electron chi connectivity index (χ3n) is 2.72. The smallest absolute Gasteiger partial charge is 0.311 e. The van der Waals surface area contributed by atoms with E-state index in [1.165, 1.54) is 18.9 Å². The Balaban J connectivity index is 1.80. The van der Waals surface area contributed by atoms with Gasteiger partial charge in [0.15, 0.2) is 0 Å². The number of esters is 1. The summed E-state index contributed by atoms with van der Waals surface area (Å²) in [7, 11) is -3.67. The Labute approximate surface area is 110 Å². The van der Waals surface area contributed by atoms with E-state index in [4.69, 9.17) is 9.88 Å². The monoisotopic (exact) mass is 289 g/mol. The molecule has 5 nitrogen and oxygen atoms in total. The van der Waals surface area contributed by atoms with Gasteiger partial charge in [0.2, 0.25) is 10.0 Å². The first-order chi connectivity index (χ1) is 8.45. The molecule has 2 N–H and O–H groups in total. The summed E-state index contributed by atoms with van der Waals surface area (Å²) in [4.78, 5) is 12.1. The maximum absolute atomic E-state index is 11.5. The van der Waals surface area contributed by atoms with Crippen molar-refractivity contribution in [2.24, 2.45) is 11.1 Å². The summed E-state index contributed by atoms with van der Waals surface area (Å²) in [5, 5.41) is 4.99. The normalized spacial score (nSPS) is 15.6. The van der Waals surface area contributed by atoms with Gasteiger partial charge in [0.25, 0.3) is 0 Å². The molecule has 0 spiro atoms. The molecule has 18 heavy (non-hydrogen) atoms. The largest absolute Gasteiger partial charge is 0.465 e. The summed E-state index contributed by atoms with van der Waals surface area (Å²) in [6.45, 7) is 0.455. The van der Waals surface area contributed by atoms with E-state index >= 15 is 0 Å². The van der Waals surface area contributed by atoms with Crippen LogP contribution in [0.5, 0.6) is 0 Å². The second-order valence-corrected chi connectivity index (χ2v) is 7.35. The van der Waals surface area contributed by atoms with E-state index in [-0.39, 0.29) is 16.6 Å². The molecular weight excluding hydrogens is 274 g/mol. The van der Waals surface area contributed by atoms with Crippen LogP contribution in [0.15, 0.2) is 16.3 Å². The number of carbonyl (C=O) groups is 1. The lowest BCUT2D eigenvalue weighted by molar-refractivity contribution is -0.142. The molecule has 1 aromatic heterocycles. The van der Waals surface area contributed by atoms with Crippen molar-refractivity contribution in [2.75, 3.05) is 6.61 Å². The third-order valence-corrected chi connectivity index (χ3v) is 5.25. The zero-order valence-electron chi connectivity index (χ0n) is 9.79. The first kappa shape index (κ1) is 13.5. The van der Waals surface area contributed by atoms with Crippen LogP contribution in [-0.2, 0) is 26.0 Å². The molecule has 1 aliphatic carbocycles. The molecular formula is C11H15NO4S2. The average molecular weight is 289 g/mol. The van der Waals surface area contributed by atoms with Gasteiger partial charge in [-0.1, -0.05) is 12.8 Å². The number of hydrogen-bond acceptors (Lipinski definition) is 5. The highest BCUT2D eigenvalue weighted by Gasteiger charge is 2.21. The molecule has 1 aromatic rings. The van der Waals surface area contributed by atoms with Gasteiger partial charge in [0, 0.05) is 4.88 Å². The summed E-state index contributed by atoms with van der Waals surface area (Å²) in [6, 6.07) is 3.00. The van der Waals surface area contributed by atoms with Gasteiger partial charge in [-0.15, -0.1) is 11.3 Å². The summed E-state index contributed by atoms with van der Waals surface area (Å²) in [5.74, 6) is 0.409. The highest BCUT2D eigenvalue weighted by Crippen LogP contribution is 2.32. The first-order valence-electron chi connectivity index (χ1n) is 5.72. The maximum atomic E-state index is 11.5. The van der Waals surface area contributed by atoms with E-state index in [1.807, 2.05) is 0 Å². The molecule has 1 aliphatic rings. The van der Waals surface area contributed by atoms with Crippen molar-refractivity contribution in [3.05, 3.63) is 17.0 Å². The van der Waals surface area contributed by atoms with Crippen LogP contribution in [0.1, 0.15) is 24.1 Å². The fourth-order valence-corrected chi connectivity index (χ4v) is 3.31. The minimum Gasteiger partial charge on any atom is -0.465 e. The lowest BCUT2D eigenvalue weighted by atomic mass is 10.3. The van der Waals surface area contributed by atoms with E-state index in [0.29, 0.717) is 11.5 Å². The van der Waals surface area contributed by atoms with Crippen molar-refractivity contribution in [3.8, 4) is 0 Å². The van der Waals surface area contributed by atoms with E-state index in [1.54, 1.807) is 6.07 Å². The lowest BCUT2D eigenvalue weighted by Gasteiger charge is -2.02. The van der Waals surface area contributed by atoms with Crippen molar-refractivity contribution in [3.63, 3.8) is 0 Å². The van der Waals surface area contributed by atoms with Gasteiger partial charge in [-0.3, -0.25) is 4.79 Å². The van der Waals surface area contributed by atoms with E-state index in [2.05, 4.69) is 0 Å². The molecule has 0 saturated heterocycles. The van der Waals surface area contributed by atoms with E-state index < -0.39 is 10.0 Å². The van der Waals surface area contributed by atoms with Crippen LogP contribution in [0, 0.1) is 5.92 Å². The van der Waals surface area contributed by atoms with Crippen molar-refractivity contribution in [2.45, 2.75) is 29.9 Å². The van der Waals surface area contributed by atoms with Crippen molar-refractivity contribution in [1.29, 1.82) is 0 Å². The van der Waals surface area contributed by atoms with Gasteiger partial charge in [0.05, 0.1) is 13.0 Å². The molecule has 1 saturated carbocycles. The van der Waals surface area contributed by atoms with Crippen LogP contribution in [0.3, 0.4) is 0 Å². The van der Waals surface area contributed by atoms with Crippen molar-refractivity contribution >= 4 is 27.3 Å². The van der Waals surface area contributed by atoms with Gasteiger partial charge < -0.3 is 4.74 Å². The second-order valence-electron chi connectivity index (χ2n) is 4.40. The number of rotatable bonds is 6. The van der Waals surface area contributed by atoms with Crippen molar-refractivity contribution in [1.82, 2.24) is 0 Å². The molecule has 1 fully saturated rings. The number of nitrogens with two attached hydrogens (primary N) is 1. The second kappa shape index (κ2) is 5.38. The first-order valence-corrected chi connectivity index (χ1v) is 8.08. The maximum Gasteiger partial charge on any atom is 0.311 e. The molecule has 0 atom stereocenters. The highest BCUT2D eigenvalue weighted by molar-refractivity contribution is 7.91. The summed E-state index contributed by atoms with van der Waals surface area (Å²) in [5.41, 5.74) is 0. The van der Waals surface area contributed by atoms with E-state index in [0.717, 1.165) is 23.7 Å². The molecule has 0 aliphatic heterocycles. The Hall–Kier alpha value is -0.920. The molecule has 1 heterocycles. The molecule has 100 valence electrons. The van der Waals surface area contributed by atoms with Gasteiger partial charge in [-0.2, -0.15) is 0 Å². The molecule has 0 radical (unpaired) electrons.